The van der Waals surface area contributed by atoms with Crippen LogP contribution in [0.25, 0.3) is 16.9 Å². The number of benzene rings is 1. The highest BCUT2D eigenvalue weighted by atomic mass is 16.1. The van der Waals surface area contributed by atoms with E-state index in [-0.39, 0.29) is 5.78 Å². The molecule has 0 radical (unpaired) electrons. The van der Waals surface area contributed by atoms with Gasteiger partial charge < -0.3 is 5.32 Å². The maximum absolute atomic E-state index is 11.6. The monoisotopic (exact) mass is 373 g/mol. The van der Waals surface area contributed by atoms with Gasteiger partial charge in [0.25, 0.3) is 0 Å². The van der Waals surface area contributed by atoms with Crippen molar-refractivity contribution in [3.05, 3.63) is 71.5 Å². The lowest BCUT2D eigenvalue weighted by atomic mass is 10.1. The van der Waals surface area contributed by atoms with Crippen molar-refractivity contribution in [2.45, 2.75) is 27.7 Å². The number of aliphatic imine (C=N–C) groups is 1. The molecule has 3 aromatic rings. The van der Waals surface area contributed by atoms with Gasteiger partial charge in [-0.1, -0.05) is 0 Å². The van der Waals surface area contributed by atoms with E-state index in [2.05, 4.69) is 27.0 Å². The van der Waals surface area contributed by atoms with Gasteiger partial charge in [-0.25, -0.2) is 9.97 Å². The van der Waals surface area contributed by atoms with Crippen molar-refractivity contribution in [3.8, 4) is 5.82 Å². The summed E-state index contributed by atoms with van der Waals surface area (Å²) >= 11 is 0. The predicted molar refractivity (Wildman–Crippen MR) is 114 cm³/mol. The lowest BCUT2D eigenvalue weighted by Gasteiger charge is -2.08. The fourth-order valence-electron chi connectivity index (χ4n) is 2.89. The van der Waals surface area contributed by atoms with E-state index in [1.807, 2.05) is 67.8 Å². The Balaban J connectivity index is 1.90. The first kappa shape index (κ1) is 19.2. The van der Waals surface area contributed by atoms with Gasteiger partial charge in [0.05, 0.1) is 16.7 Å². The lowest BCUT2D eigenvalue weighted by molar-refractivity contribution is 0.101. The molecule has 0 unspecified atom stereocenters. The van der Waals surface area contributed by atoms with Gasteiger partial charge in [0.15, 0.2) is 5.78 Å². The van der Waals surface area contributed by atoms with Crippen LogP contribution in [-0.2, 0) is 0 Å². The minimum atomic E-state index is 0.0140. The molecule has 0 amide bonds. The molecule has 0 spiro atoms. The number of imidazole rings is 1. The van der Waals surface area contributed by atoms with E-state index < -0.39 is 0 Å². The molecule has 6 nitrogen and oxygen atoms in total. The lowest BCUT2D eigenvalue weighted by Crippen LogP contribution is -2.03. The van der Waals surface area contributed by atoms with Crippen LogP contribution in [-0.4, -0.2) is 27.0 Å². The van der Waals surface area contributed by atoms with Crippen LogP contribution >= 0.6 is 0 Å². The van der Waals surface area contributed by atoms with E-state index in [9.17, 15) is 4.79 Å². The molecule has 6 heteroatoms. The molecule has 0 aliphatic rings. The summed E-state index contributed by atoms with van der Waals surface area (Å²) in [7, 11) is 0. The summed E-state index contributed by atoms with van der Waals surface area (Å²) in [5.74, 6) is 0.749. The highest BCUT2D eigenvalue weighted by Gasteiger charge is 2.10. The van der Waals surface area contributed by atoms with Gasteiger partial charge in [-0.15, -0.1) is 0 Å². The molecule has 2 heterocycles. The summed E-state index contributed by atoms with van der Waals surface area (Å²) in [6, 6.07) is 9.63. The van der Waals surface area contributed by atoms with Gasteiger partial charge in [0.2, 0.25) is 0 Å². The van der Waals surface area contributed by atoms with Crippen molar-refractivity contribution in [2.75, 3.05) is 5.32 Å². The summed E-state index contributed by atoms with van der Waals surface area (Å²) in [6.07, 6.45) is 5.60. The molecule has 0 saturated carbocycles. The number of nitrogens with one attached hydrogen (secondary N) is 1. The Kier molecular flexibility index (Phi) is 5.49. The molecular formula is C22H23N5O. The summed E-state index contributed by atoms with van der Waals surface area (Å²) in [5, 5.41) is 3.34. The largest absolute Gasteiger partial charge is 0.359 e. The fraction of sp³-hybridized carbons (Fsp3) is 0.182. The zero-order valence-electron chi connectivity index (χ0n) is 16.5. The SMILES string of the molecule is C=N/C(C)=C\C=C(/C)Nc1ccc2c(c1)ncn2-c1ccc(C(C)=O)c(C)n1. The quantitative estimate of drug-likeness (QED) is 0.381. The van der Waals surface area contributed by atoms with Crippen molar-refractivity contribution < 1.29 is 4.79 Å². The summed E-state index contributed by atoms with van der Waals surface area (Å²) < 4.78 is 1.92. The number of ketones is 1. The molecule has 1 N–H and O–H groups in total. The molecule has 2 aromatic heterocycles. The third-order valence-corrected chi connectivity index (χ3v) is 4.41. The maximum Gasteiger partial charge on any atom is 0.161 e. The van der Waals surface area contributed by atoms with Gasteiger partial charge in [0.1, 0.15) is 12.1 Å². The maximum atomic E-state index is 11.6. The number of anilines is 1. The number of Topliss-reactive ketones (excluding diaryl/α,β-unsaturated/α-hetero) is 1. The van der Waals surface area contributed by atoms with E-state index in [0.29, 0.717) is 11.3 Å². The van der Waals surface area contributed by atoms with Crippen molar-refractivity contribution in [1.82, 2.24) is 14.5 Å². The van der Waals surface area contributed by atoms with E-state index in [1.54, 1.807) is 13.3 Å². The van der Waals surface area contributed by atoms with E-state index in [1.165, 1.54) is 0 Å². The Bertz CT molecular complexity index is 1120. The number of carbonyl (C=O) groups excluding carboxylic acids is 1. The Morgan fingerprint density at radius 3 is 2.64 bits per heavy atom. The van der Waals surface area contributed by atoms with Gasteiger partial charge in [-0.05, 0) is 76.9 Å². The highest BCUT2D eigenvalue weighted by Crippen LogP contribution is 2.22. The number of fused-ring (bicyclic) bond motifs is 1. The molecule has 0 aliphatic carbocycles. The first-order valence-corrected chi connectivity index (χ1v) is 8.94. The number of carbonyl (C=O) groups is 1. The Labute approximate surface area is 164 Å². The van der Waals surface area contributed by atoms with Crippen LogP contribution in [0.2, 0.25) is 0 Å². The second kappa shape index (κ2) is 8.00. The molecule has 0 bridgehead atoms. The summed E-state index contributed by atoms with van der Waals surface area (Å²) in [5.41, 5.74) is 5.93. The van der Waals surface area contributed by atoms with Crippen molar-refractivity contribution in [1.29, 1.82) is 0 Å². The zero-order chi connectivity index (χ0) is 20.3. The van der Waals surface area contributed by atoms with Crippen LogP contribution in [0.1, 0.15) is 36.8 Å². The number of nitrogens with zero attached hydrogens (tertiary/aromatic N) is 4. The molecule has 28 heavy (non-hydrogen) atoms. The molecule has 3 rings (SSSR count). The molecule has 0 atom stereocenters. The van der Waals surface area contributed by atoms with Crippen LogP contribution in [0.15, 0.2) is 65.2 Å². The van der Waals surface area contributed by atoms with Crippen LogP contribution < -0.4 is 5.32 Å². The molecule has 142 valence electrons. The molecule has 0 saturated heterocycles. The number of hydrogen-bond donors (Lipinski definition) is 1. The van der Waals surface area contributed by atoms with Crippen molar-refractivity contribution in [3.63, 3.8) is 0 Å². The standard InChI is InChI=1S/C22H23N5O/c1-14(23-5)6-7-15(2)25-18-8-10-21-20(12-18)24-13-27(21)22-11-9-19(17(4)28)16(3)26-22/h6-13,25H,5H2,1-4H3/b14-6-,15-7+. The predicted octanol–water partition coefficient (Wildman–Crippen LogP) is 4.85. The van der Waals surface area contributed by atoms with E-state index in [4.69, 9.17) is 0 Å². The first-order valence-electron chi connectivity index (χ1n) is 8.94. The second-order valence-corrected chi connectivity index (χ2v) is 6.62. The van der Waals surface area contributed by atoms with Gasteiger partial charge in [-0.3, -0.25) is 14.4 Å². The highest BCUT2D eigenvalue weighted by molar-refractivity contribution is 5.95. The smallest absolute Gasteiger partial charge is 0.161 e. The Morgan fingerprint density at radius 1 is 1.18 bits per heavy atom. The second-order valence-electron chi connectivity index (χ2n) is 6.62. The normalized spacial score (nSPS) is 12.3. The number of rotatable bonds is 6. The van der Waals surface area contributed by atoms with Crippen LogP contribution in [0, 0.1) is 6.92 Å². The summed E-state index contributed by atoms with van der Waals surface area (Å²) in [6.45, 7) is 10.8. The van der Waals surface area contributed by atoms with Crippen LogP contribution in [0.4, 0.5) is 5.69 Å². The fourth-order valence-corrected chi connectivity index (χ4v) is 2.89. The van der Waals surface area contributed by atoms with Crippen molar-refractivity contribution in [2.24, 2.45) is 4.99 Å². The zero-order valence-corrected chi connectivity index (χ0v) is 16.5. The molecule has 0 fully saturated rings. The van der Waals surface area contributed by atoms with Gasteiger partial charge in [0, 0.05) is 22.6 Å². The van der Waals surface area contributed by atoms with E-state index in [0.717, 1.165) is 33.9 Å². The Morgan fingerprint density at radius 2 is 1.96 bits per heavy atom. The minimum absolute atomic E-state index is 0.0140. The number of pyridine rings is 1. The van der Waals surface area contributed by atoms with Gasteiger partial charge in [-0.2, -0.15) is 0 Å². The average Bonchev–Trinajstić information content (AvgIpc) is 3.08. The van der Waals surface area contributed by atoms with Crippen LogP contribution in [0.5, 0.6) is 0 Å². The van der Waals surface area contributed by atoms with Crippen LogP contribution in [0.3, 0.4) is 0 Å². The summed E-state index contributed by atoms with van der Waals surface area (Å²) in [4.78, 5) is 24.5. The molecular weight excluding hydrogens is 350 g/mol. The number of hydrogen-bond acceptors (Lipinski definition) is 5. The van der Waals surface area contributed by atoms with E-state index >= 15 is 0 Å². The number of aromatic nitrogens is 3. The minimum Gasteiger partial charge on any atom is -0.359 e. The first-order chi connectivity index (χ1) is 13.4. The average molecular weight is 373 g/mol. The van der Waals surface area contributed by atoms with Gasteiger partial charge >= 0.3 is 0 Å². The number of allylic oxidation sites excluding steroid dienone is 4. The molecule has 1 aromatic carbocycles. The third-order valence-electron chi connectivity index (χ3n) is 4.41. The number of aryl methyl sites for hydroxylation is 1. The third kappa shape index (κ3) is 4.06. The Hall–Kier alpha value is -3.54. The molecule has 0 aliphatic heterocycles. The van der Waals surface area contributed by atoms with Crippen molar-refractivity contribution >= 4 is 29.2 Å². The topological polar surface area (TPSA) is 72.2 Å².